The van der Waals surface area contributed by atoms with Gasteiger partial charge in [-0.15, -0.1) is 0 Å². The molecule has 0 amide bonds. The molecule has 1 rings (SSSR count). The third-order valence-electron chi connectivity index (χ3n) is 3.11. The highest BCUT2D eigenvalue weighted by Gasteiger charge is 2.55. The first-order valence-corrected chi connectivity index (χ1v) is 4.41. The van der Waals surface area contributed by atoms with Gasteiger partial charge in [0.05, 0.1) is 12.2 Å². The van der Waals surface area contributed by atoms with Crippen molar-refractivity contribution in [3.8, 4) is 0 Å². The molecular weight excluding hydrogens is 172 g/mol. The van der Waals surface area contributed by atoms with Crippen LogP contribution in [0.5, 0.6) is 0 Å². The summed E-state index contributed by atoms with van der Waals surface area (Å²) in [5.74, 6) is -0.989. The number of hydrogen-bond acceptors (Lipinski definition) is 3. The van der Waals surface area contributed by atoms with Crippen molar-refractivity contribution in [1.29, 1.82) is 0 Å². The van der Waals surface area contributed by atoms with Crippen LogP contribution in [0.2, 0.25) is 0 Å². The van der Waals surface area contributed by atoms with Gasteiger partial charge >= 0.3 is 5.97 Å². The lowest BCUT2D eigenvalue weighted by atomic mass is 9.62. The number of hydrogen-bond donors (Lipinski definition) is 2. The van der Waals surface area contributed by atoms with Gasteiger partial charge in [0.15, 0.2) is 0 Å². The Bertz CT molecular complexity index is 210. The molecule has 1 aliphatic carbocycles. The van der Waals surface area contributed by atoms with E-state index < -0.39 is 17.0 Å². The Kier molecular flexibility index (Phi) is 2.63. The van der Waals surface area contributed by atoms with Crippen molar-refractivity contribution in [3.05, 3.63) is 0 Å². The van der Waals surface area contributed by atoms with Gasteiger partial charge in [-0.3, -0.25) is 4.79 Å². The van der Waals surface area contributed by atoms with E-state index >= 15 is 0 Å². The summed E-state index contributed by atoms with van der Waals surface area (Å²) in [6, 6.07) is 0. The molecular formula is C9H16O4. The van der Waals surface area contributed by atoms with E-state index in [1.165, 1.54) is 14.0 Å². The van der Waals surface area contributed by atoms with Gasteiger partial charge in [-0.05, 0) is 26.2 Å². The summed E-state index contributed by atoms with van der Waals surface area (Å²) in [6.45, 7) is 1.59. The van der Waals surface area contributed by atoms with Gasteiger partial charge in [-0.1, -0.05) is 0 Å². The molecule has 0 saturated heterocycles. The van der Waals surface area contributed by atoms with Crippen LogP contribution >= 0.6 is 0 Å². The van der Waals surface area contributed by atoms with Gasteiger partial charge in [0, 0.05) is 7.11 Å². The number of carboxylic acids is 1. The Hall–Kier alpha value is -0.610. The Morgan fingerprint density at radius 1 is 1.62 bits per heavy atom. The summed E-state index contributed by atoms with van der Waals surface area (Å²) in [5, 5.41) is 19.0. The number of aliphatic carboxylic acids is 1. The van der Waals surface area contributed by atoms with Crippen molar-refractivity contribution >= 4 is 5.97 Å². The zero-order valence-corrected chi connectivity index (χ0v) is 8.04. The standard InChI is InChI=1S/C9H16O4/c1-8(6-13-2,7(10)11)9(12)4-3-5-9/h12H,3-6H2,1-2H3,(H,10,11). The smallest absolute Gasteiger partial charge is 0.314 e. The van der Waals surface area contributed by atoms with E-state index in [-0.39, 0.29) is 6.61 Å². The molecule has 1 atom stereocenters. The molecule has 0 aromatic rings. The molecule has 0 aliphatic heterocycles. The monoisotopic (exact) mass is 188 g/mol. The number of aliphatic hydroxyl groups is 1. The molecule has 2 N–H and O–H groups in total. The molecule has 13 heavy (non-hydrogen) atoms. The highest BCUT2D eigenvalue weighted by molar-refractivity contribution is 5.76. The summed E-state index contributed by atoms with van der Waals surface area (Å²) in [4.78, 5) is 11.0. The van der Waals surface area contributed by atoms with Crippen LogP contribution in [-0.4, -0.2) is 35.5 Å². The van der Waals surface area contributed by atoms with Gasteiger partial charge in [0.25, 0.3) is 0 Å². The molecule has 0 heterocycles. The van der Waals surface area contributed by atoms with Crippen LogP contribution in [0.25, 0.3) is 0 Å². The highest BCUT2D eigenvalue weighted by atomic mass is 16.5. The largest absolute Gasteiger partial charge is 0.481 e. The highest BCUT2D eigenvalue weighted by Crippen LogP contribution is 2.46. The molecule has 1 saturated carbocycles. The summed E-state index contributed by atoms with van der Waals surface area (Å²) >= 11 is 0. The van der Waals surface area contributed by atoms with E-state index in [1.807, 2.05) is 0 Å². The van der Waals surface area contributed by atoms with Gasteiger partial charge in [-0.25, -0.2) is 0 Å². The number of ether oxygens (including phenoxy) is 1. The fraction of sp³-hybridized carbons (Fsp3) is 0.889. The predicted molar refractivity (Wildman–Crippen MR) is 46.4 cm³/mol. The number of carboxylic acid groups (broad SMARTS) is 1. The van der Waals surface area contributed by atoms with Crippen molar-refractivity contribution in [2.75, 3.05) is 13.7 Å². The van der Waals surface area contributed by atoms with Crippen molar-refractivity contribution in [1.82, 2.24) is 0 Å². The Balaban J connectivity index is 2.83. The van der Waals surface area contributed by atoms with E-state index in [4.69, 9.17) is 9.84 Å². The van der Waals surface area contributed by atoms with Crippen LogP contribution in [0, 0.1) is 5.41 Å². The Labute approximate surface area is 77.5 Å². The fourth-order valence-electron chi connectivity index (χ4n) is 1.75. The number of rotatable bonds is 4. The topological polar surface area (TPSA) is 66.8 Å². The molecule has 1 unspecified atom stereocenters. The quantitative estimate of drug-likeness (QED) is 0.679. The van der Waals surface area contributed by atoms with Crippen molar-refractivity contribution in [2.45, 2.75) is 31.8 Å². The molecule has 1 fully saturated rings. The zero-order valence-electron chi connectivity index (χ0n) is 8.04. The second-order valence-electron chi connectivity index (χ2n) is 3.96. The molecule has 0 spiro atoms. The first-order valence-electron chi connectivity index (χ1n) is 4.41. The zero-order chi connectivity index (χ0) is 10.1. The van der Waals surface area contributed by atoms with Crippen LogP contribution in [0.4, 0.5) is 0 Å². The van der Waals surface area contributed by atoms with Gasteiger partial charge < -0.3 is 14.9 Å². The van der Waals surface area contributed by atoms with E-state index in [0.29, 0.717) is 12.8 Å². The molecule has 0 radical (unpaired) electrons. The third-order valence-corrected chi connectivity index (χ3v) is 3.11. The predicted octanol–water partition coefficient (Wildman–Crippen LogP) is 0.639. The summed E-state index contributed by atoms with van der Waals surface area (Å²) < 4.78 is 4.85. The lowest BCUT2D eigenvalue weighted by Gasteiger charge is -2.47. The number of methoxy groups -OCH3 is 1. The average Bonchev–Trinajstić information content (AvgIpc) is 2.00. The minimum Gasteiger partial charge on any atom is -0.481 e. The molecule has 76 valence electrons. The summed E-state index contributed by atoms with van der Waals surface area (Å²) in [5.41, 5.74) is -2.24. The average molecular weight is 188 g/mol. The van der Waals surface area contributed by atoms with Crippen LogP contribution in [0.15, 0.2) is 0 Å². The van der Waals surface area contributed by atoms with Gasteiger partial charge in [0.2, 0.25) is 0 Å². The second kappa shape index (κ2) is 3.27. The third kappa shape index (κ3) is 1.44. The molecule has 4 nitrogen and oxygen atoms in total. The van der Waals surface area contributed by atoms with Crippen LogP contribution in [0.3, 0.4) is 0 Å². The SMILES string of the molecule is COCC(C)(C(=O)O)C1(O)CCC1. The van der Waals surface area contributed by atoms with E-state index in [0.717, 1.165) is 6.42 Å². The van der Waals surface area contributed by atoms with Crippen LogP contribution in [-0.2, 0) is 9.53 Å². The van der Waals surface area contributed by atoms with Crippen molar-refractivity contribution in [2.24, 2.45) is 5.41 Å². The summed E-state index contributed by atoms with van der Waals surface area (Å²) in [6.07, 6.45) is 2.00. The maximum Gasteiger partial charge on any atom is 0.314 e. The minimum atomic E-state index is -1.17. The Morgan fingerprint density at radius 3 is 2.38 bits per heavy atom. The van der Waals surface area contributed by atoms with Crippen LogP contribution in [0.1, 0.15) is 26.2 Å². The lowest BCUT2D eigenvalue weighted by molar-refractivity contribution is -0.190. The van der Waals surface area contributed by atoms with E-state index in [9.17, 15) is 9.90 Å². The van der Waals surface area contributed by atoms with Gasteiger partial charge in [-0.2, -0.15) is 0 Å². The normalized spacial score (nSPS) is 24.5. The first kappa shape index (κ1) is 10.5. The van der Waals surface area contributed by atoms with Crippen molar-refractivity contribution < 1.29 is 19.7 Å². The molecule has 0 bridgehead atoms. The molecule has 0 aromatic heterocycles. The minimum absolute atomic E-state index is 0.0544. The number of carbonyl (C=O) groups is 1. The molecule has 4 heteroatoms. The van der Waals surface area contributed by atoms with E-state index in [1.54, 1.807) is 0 Å². The maximum atomic E-state index is 11.0. The van der Waals surface area contributed by atoms with Gasteiger partial charge in [0.1, 0.15) is 5.41 Å². The first-order chi connectivity index (χ1) is 5.96. The lowest BCUT2D eigenvalue weighted by Crippen LogP contribution is -2.58. The van der Waals surface area contributed by atoms with E-state index in [2.05, 4.69) is 0 Å². The molecule has 1 aliphatic rings. The molecule has 0 aromatic carbocycles. The maximum absolute atomic E-state index is 11.0. The van der Waals surface area contributed by atoms with Crippen molar-refractivity contribution in [3.63, 3.8) is 0 Å². The summed E-state index contributed by atoms with van der Waals surface area (Å²) in [7, 11) is 1.45. The second-order valence-corrected chi connectivity index (χ2v) is 3.96. The van der Waals surface area contributed by atoms with Crippen LogP contribution < -0.4 is 0 Å². The fourth-order valence-corrected chi connectivity index (χ4v) is 1.75. The Morgan fingerprint density at radius 2 is 2.15 bits per heavy atom.